The second kappa shape index (κ2) is 10.2. The van der Waals surface area contributed by atoms with Crippen molar-refractivity contribution in [3.63, 3.8) is 0 Å². The van der Waals surface area contributed by atoms with E-state index in [0.717, 1.165) is 10.8 Å². The number of rotatable bonds is 7. The lowest BCUT2D eigenvalue weighted by atomic mass is 10.1. The Morgan fingerprint density at radius 2 is 1.74 bits per heavy atom. The summed E-state index contributed by atoms with van der Waals surface area (Å²) < 4.78 is 16.5. The van der Waals surface area contributed by atoms with Gasteiger partial charge in [-0.05, 0) is 42.0 Å². The van der Waals surface area contributed by atoms with Crippen LogP contribution in [0.3, 0.4) is 0 Å². The monoisotopic (exact) mass is 477 g/mol. The molecule has 0 radical (unpaired) electrons. The Kier molecular flexibility index (Phi) is 6.93. The van der Waals surface area contributed by atoms with Crippen LogP contribution in [0.25, 0.3) is 21.3 Å². The fraction of sp³-hybridized carbons (Fsp3) is 0.160. The summed E-state index contributed by atoms with van der Waals surface area (Å²) in [5.41, 5.74) is 5.63. The summed E-state index contributed by atoms with van der Waals surface area (Å²) in [4.78, 5) is 29.3. The molecule has 0 spiro atoms. The molecule has 1 atom stereocenters. The summed E-state index contributed by atoms with van der Waals surface area (Å²) >= 11 is 1.28. The second-order valence-corrected chi connectivity index (χ2v) is 8.15. The number of amides is 2. The van der Waals surface area contributed by atoms with E-state index in [9.17, 15) is 9.59 Å². The molecule has 0 saturated heterocycles. The number of thiazole rings is 1. The van der Waals surface area contributed by atoms with Gasteiger partial charge in [-0.25, -0.2) is 4.98 Å². The highest BCUT2D eigenvalue weighted by Gasteiger charge is 2.19. The second-order valence-electron chi connectivity index (χ2n) is 7.29. The van der Waals surface area contributed by atoms with Crippen molar-refractivity contribution < 1.29 is 23.8 Å². The maximum Gasteiger partial charge on any atom is 0.289 e. The topological polar surface area (TPSA) is 98.8 Å². The molecule has 34 heavy (non-hydrogen) atoms. The predicted molar refractivity (Wildman–Crippen MR) is 130 cm³/mol. The third-order valence-corrected chi connectivity index (χ3v) is 5.95. The molecule has 0 aliphatic heterocycles. The van der Waals surface area contributed by atoms with Crippen molar-refractivity contribution in [2.45, 2.75) is 13.0 Å². The van der Waals surface area contributed by atoms with Crippen molar-refractivity contribution in [1.29, 1.82) is 0 Å². The highest BCUT2D eigenvalue weighted by atomic mass is 32.1. The number of hydrogen-bond donors (Lipinski definition) is 2. The van der Waals surface area contributed by atoms with Gasteiger partial charge >= 0.3 is 0 Å². The molecule has 3 aromatic carbocycles. The number of nitrogens with zero attached hydrogens (tertiary/aromatic N) is 1. The van der Waals surface area contributed by atoms with Crippen molar-refractivity contribution in [3.8, 4) is 27.8 Å². The van der Waals surface area contributed by atoms with Crippen molar-refractivity contribution >= 4 is 33.9 Å². The Labute approximate surface area is 200 Å². The molecule has 0 aliphatic carbocycles. The molecule has 9 heteroatoms. The van der Waals surface area contributed by atoms with Gasteiger partial charge in [0.25, 0.3) is 11.8 Å². The average Bonchev–Trinajstić information content (AvgIpc) is 3.36. The van der Waals surface area contributed by atoms with E-state index in [1.54, 1.807) is 38.7 Å². The Morgan fingerprint density at radius 3 is 2.50 bits per heavy atom. The SMILES string of the molecule is COc1cccc(-c2nc(C(=O)NNC(=O)[C@H](C)Oc3ccc4ccccc4c3)cs2)c1OC. The first kappa shape index (κ1) is 23.1. The molecule has 0 unspecified atom stereocenters. The number of hydrazine groups is 1. The Morgan fingerprint density at radius 1 is 0.941 bits per heavy atom. The van der Waals surface area contributed by atoms with Gasteiger partial charge in [0.2, 0.25) is 0 Å². The summed E-state index contributed by atoms with van der Waals surface area (Å²) in [5, 5.41) is 4.27. The molecule has 2 N–H and O–H groups in total. The standard InChI is InChI=1S/C25H23N3O5S/c1-15(33-18-12-11-16-7-4-5-8-17(16)13-18)23(29)27-28-24(30)20-14-34-25(26-20)19-9-6-10-21(31-2)22(19)32-3/h4-15H,1-3H3,(H,27,29)(H,28,30)/t15-/m0/s1. The number of hydrogen-bond acceptors (Lipinski definition) is 7. The van der Waals surface area contributed by atoms with E-state index in [2.05, 4.69) is 15.8 Å². The fourth-order valence-corrected chi connectivity index (χ4v) is 4.16. The third kappa shape index (κ3) is 4.94. The van der Waals surface area contributed by atoms with Crippen molar-refractivity contribution in [2.24, 2.45) is 0 Å². The molecule has 0 bridgehead atoms. The zero-order chi connectivity index (χ0) is 24.1. The molecule has 8 nitrogen and oxygen atoms in total. The number of methoxy groups -OCH3 is 2. The van der Waals surface area contributed by atoms with Gasteiger partial charge in [-0.15, -0.1) is 11.3 Å². The van der Waals surface area contributed by atoms with Crippen LogP contribution in [0.15, 0.2) is 66.0 Å². The predicted octanol–water partition coefficient (Wildman–Crippen LogP) is 4.21. The van der Waals surface area contributed by atoms with Crippen LogP contribution < -0.4 is 25.1 Å². The maximum absolute atomic E-state index is 12.5. The minimum Gasteiger partial charge on any atom is -0.493 e. The highest BCUT2D eigenvalue weighted by Crippen LogP contribution is 2.38. The average molecular weight is 478 g/mol. The Hall–Kier alpha value is -4.11. The van der Waals surface area contributed by atoms with Gasteiger partial charge in [0.05, 0.1) is 19.8 Å². The number of benzene rings is 3. The van der Waals surface area contributed by atoms with E-state index in [-0.39, 0.29) is 5.69 Å². The first-order valence-corrected chi connectivity index (χ1v) is 11.3. The zero-order valence-corrected chi connectivity index (χ0v) is 19.6. The largest absolute Gasteiger partial charge is 0.493 e. The van der Waals surface area contributed by atoms with E-state index in [0.29, 0.717) is 27.8 Å². The first-order valence-electron chi connectivity index (χ1n) is 10.4. The first-order chi connectivity index (χ1) is 16.5. The van der Waals surface area contributed by atoms with E-state index in [1.807, 2.05) is 48.5 Å². The van der Waals surface area contributed by atoms with E-state index < -0.39 is 17.9 Å². The summed E-state index contributed by atoms with van der Waals surface area (Å²) in [7, 11) is 3.09. The minimum absolute atomic E-state index is 0.160. The summed E-state index contributed by atoms with van der Waals surface area (Å²) in [5.74, 6) is 0.610. The lowest BCUT2D eigenvalue weighted by molar-refractivity contribution is -0.128. The van der Waals surface area contributed by atoms with Crippen molar-refractivity contribution in [1.82, 2.24) is 15.8 Å². The van der Waals surface area contributed by atoms with Crippen LogP contribution in [0.5, 0.6) is 17.2 Å². The summed E-state index contributed by atoms with van der Waals surface area (Å²) in [6.45, 7) is 1.60. The van der Waals surface area contributed by atoms with Crippen LogP contribution in [-0.4, -0.2) is 37.1 Å². The molecule has 2 amide bonds. The summed E-state index contributed by atoms with van der Waals surface area (Å²) in [6, 6.07) is 18.9. The normalized spacial score (nSPS) is 11.5. The summed E-state index contributed by atoms with van der Waals surface area (Å²) in [6.07, 6.45) is -0.825. The number of ether oxygens (including phenoxy) is 3. The Balaban J connectivity index is 1.37. The van der Waals surface area contributed by atoms with Crippen molar-refractivity contribution in [3.05, 3.63) is 71.7 Å². The number of carbonyl (C=O) groups excluding carboxylic acids is 2. The number of para-hydroxylation sites is 1. The van der Waals surface area contributed by atoms with Gasteiger partial charge < -0.3 is 14.2 Å². The quantitative estimate of drug-likeness (QED) is 0.387. The van der Waals surface area contributed by atoms with Crippen LogP contribution in [-0.2, 0) is 4.79 Å². The van der Waals surface area contributed by atoms with Gasteiger partial charge in [-0.2, -0.15) is 0 Å². The van der Waals surface area contributed by atoms with Crippen LogP contribution in [0.2, 0.25) is 0 Å². The fourth-order valence-electron chi connectivity index (χ4n) is 3.34. The van der Waals surface area contributed by atoms with E-state index in [1.165, 1.54) is 11.3 Å². The van der Waals surface area contributed by atoms with Crippen LogP contribution in [0.1, 0.15) is 17.4 Å². The van der Waals surface area contributed by atoms with Gasteiger partial charge in [-0.1, -0.05) is 36.4 Å². The van der Waals surface area contributed by atoms with Crippen molar-refractivity contribution in [2.75, 3.05) is 14.2 Å². The molecule has 1 heterocycles. The van der Waals surface area contributed by atoms with Crippen LogP contribution >= 0.6 is 11.3 Å². The molecule has 4 aromatic rings. The Bertz CT molecular complexity index is 1340. The maximum atomic E-state index is 12.5. The number of nitrogens with one attached hydrogen (secondary N) is 2. The van der Waals surface area contributed by atoms with Gasteiger partial charge in [0.15, 0.2) is 17.6 Å². The molecule has 1 aromatic heterocycles. The van der Waals surface area contributed by atoms with Gasteiger partial charge in [0.1, 0.15) is 16.5 Å². The van der Waals surface area contributed by atoms with Gasteiger partial charge in [0, 0.05) is 5.38 Å². The van der Waals surface area contributed by atoms with Crippen LogP contribution in [0.4, 0.5) is 0 Å². The molecule has 0 aliphatic rings. The molecule has 174 valence electrons. The molecular weight excluding hydrogens is 454 g/mol. The van der Waals surface area contributed by atoms with E-state index in [4.69, 9.17) is 14.2 Å². The zero-order valence-electron chi connectivity index (χ0n) is 18.8. The lowest BCUT2D eigenvalue weighted by Crippen LogP contribution is -2.47. The molecule has 0 saturated carbocycles. The van der Waals surface area contributed by atoms with Crippen LogP contribution in [0, 0.1) is 0 Å². The number of aromatic nitrogens is 1. The molecule has 4 rings (SSSR count). The number of fused-ring (bicyclic) bond motifs is 1. The highest BCUT2D eigenvalue weighted by molar-refractivity contribution is 7.13. The lowest BCUT2D eigenvalue weighted by Gasteiger charge is -2.15. The molecular formula is C25H23N3O5S. The van der Waals surface area contributed by atoms with Gasteiger partial charge in [-0.3, -0.25) is 20.4 Å². The molecule has 0 fully saturated rings. The minimum atomic E-state index is -0.825. The number of carbonyl (C=O) groups is 2. The third-order valence-electron chi connectivity index (χ3n) is 5.07. The smallest absolute Gasteiger partial charge is 0.289 e. The van der Waals surface area contributed by atoms with E-state index >= 15 is 0 Å².